The molecular weight excluding hydrogens is 298 g/mol. The van der Waals surface area contributed by atoms with Gasteiger partial charge in [0.1, 0.15) is 0 Å². The fourth-order valence-corrected chi connectivity index (χ4v) is 2.20. The van der Waals surface area contributed by atoms with Crippen molar-refractivity contribution in [3.8, 4) is 12.3 Å². The molecule has 1 nitrogen and oxygen atoms in total. The Morgan fingerprint density at radius 2 is 1.94 bits per heavy atom. The number of aromatic nitrogens is 1. The summed E-state index contributed by atoms with van der Waals surface area (Å²) in [5.74, 6) is 2.58. The van der Waals surface area contributed by atoms with Crippen LogP contribution >= 0.6 is 27.5 Å². The predicted molar refractivity (Wildman–Crippen MR) is 74.1 cm³/mol. The largest absolute Gasteiger partial charge is 0.263 e. The first-order valence-electron chi connectivity index (χ1n) is 5.04. The third kappa shape index (κ3) is 2.52. The number of benzene rings is 1. The molecule has 0 bridgehead atoms. The van der Waals surface area contributed by atoms with E-state index in [9.17, 15) is 0 Å². The molecule has 0 fully saturated rings. The monoisotopic (exact) mass is 305 g/mol. The molecular formula is C14H9BrClN. The quantitative estimate of drug-likeness (QED) is 0.755. The molecule has 0 amide bonds. The second kappa shape index (κ2) is 5.35. The predicted octanol–water partition coefficient (Wildman–Crippen LogP) is 4.26. The second-order valence-electron chi connectivity index (χ2n) is 3.53. The summed E-state index contributed by atoms with van der Waals surface area (Å²) in [4.78, 5) is 4.11. The van der Waals surface area contributed by atoms with E-state index in [-0.39, 0.29) is 5.92 Å². The zero-order chi connectivity index (χ0) is 12.3. The van der Waals surface area contributed by atoms with Gasteiger partial charge in [0.05, 0.1) is 15.4 Å². The van der Waals surface area contributed by atoms with Crippen LogP contribution in [0.2, 0.25) is 5.02 Å². The standard InChI is InChI=1S/C14H9BrClN/c1-2-11(10-6-4-3-5-7-10)12-8-17-9-13(15)14(12)16/h1,3-9,11H. The van der Waals surface area contributed by atoms with Gasteiger partial charge in [0, 0.05) is 18.0 Å². The van der Waals surface area contributed by atoms with Gasteiger partial charge in [-0.25, -0.2) is 0 Å². The highest BCUT2D eigenvalue weighted by atomic mass is 79.9. The molecule has 2 rings (SSSR count). The first-order valence-corrected chi connectivity index (χ1v) is 6.21. The Hall–Kier alpha value is -1.30. The molecule has 0 aliphatic carbocycles. The van der Waals surface area contributed by atoms with Crippen molar-refractivity contribution in [3.05, 3.63) is 63.3 Å². The summed E-state index contributed by atoms with van der Waals surface area (Å²) in [5.41, 5.74) is 1.88. The smallest absolute Gasteiger partial charge is 0.0729 e. The van der Waals surface area contributed by atoms with Crippen LogP contribution in [0.25, 0.3) is 0 Å². The van der Waals surface area contributed by atoms with Gasteiger partial charge in [-0.1, -0.05) is 47.9 Å². The fraction of sp³-hybridized carbons (Fsp3) is 0.0714. The summed E-state index contributed by atoms with van der Waals surface area (Å²) in [5, 5.41) is 0.617. The minimum absolute atomic E-state index is 0.173. The Bertz CT molecular complexity index is 560. The number of hydrogen-bond donors (Lipinski definition) is 0. The lowest BCUT2D eigenvalue weighted by Crippen LogP contribution is -2.00. The van der Waals surface area contributed by atoms with E-state index in [0.29, 0.717) is 5.02 Å². The SMILES string of the molecule is C#CC(c1ccccc1)c1cncc(Br)c1Cl. The van der Waals surface area contributed by atoms with E-state index in [1.165, 1.54) is 0 Å². The van der Waals surface area contributed by atoms with Gasteiger partial charge < -0.3 is 0 Å². The maximum absolute atomic E-state index is 6.23. The Morgan fingerprint density at radius 3 is 2.59 bits per heavy atom. The van der Waals surface area contributed by atoms with Crippen molar-refractivity contribution in [2.75, 3.05) is 0 Å². The number of halogens is 2. The van der Waals surface area contributed by atoms with Crippen molar-refractivity contribution in [2.24, 2.45) is 0 Å². The minimum atomic E-state index is -0.173. The van der Waals surface area contributed by atoms with Crippen LogP contribution < -0.4 is 0 Å². The van der Waals surface area contributed by atoms with E-state index < -0.39 is 0 Å². The normalized spacial score (nSPS) is 11.8. The van der Waals surface area contributed by atoms with Gasteiger partial charge in [-0.2, -0.15) is 0 Å². The molecule has 0 N–H and O–H groups in total. The summed E-state index contributed by atoms with van der Waals surface area (Å²) < 4.78 is 0.757. The van der Waals surface area contributed by atoms with Gasteiger partial charge in [-0.05, 0) is 21.5 Å². The Kier molecular flexibility index (Phi) is 3.83. The number of pyridine rings is 1. The molecule has 0 radical (unpaired) electrons. The van der Waals surface area contributed by atoms with E-state index >= 15 is 0 Å². The fourth-order valence-electron chi connectivity index (χ4n) is 1.65. The van der Waals surface area contributed by atoms with Gasteiger partial charge in [-0.3, -0.25) is 4.98 Å². The van der Waals surface area contributed by atoms with Crippen molar-refractivity contribution in [3.63, 3.8) is 0 Å². The van der Waals surface area contributed by atoms with E-state index in [1.54, 1.807) is 12.4 Å². The number of hydrogen-bond acceptors (Lipinski definition) is 1. The van der Waals surface area contributed by atoms with Crippen molar-refractivity contribution in [1.82, 2.24) is 4.98 Å². The van der Waals surface area contributed by atoms with Gasteiger partial charge in [0.2, 0.25) is 0 Å². The van der Waals surface area contributed by atoms with Gasteiger partial charge in [0.15, 0.2) is 0 Å². The average Bonchev–Trinajstić information content (AvgIpc) is 2.37. The molecule has 17 heavy (non-hydrogen) atoms. The van der Waals surface area contributed by atoms with Gasteiger partial charge in [0.25, 0.3) is 0 Å². The van der Waals surface area contributed by atoms with Crippen molar-refractivity contribution in [2.45, 2.75) is 5.92 Å². The zero-order valence-electron chi connectivity index (χ0n) is 8.90. The van der Waals surface area contributed by atoms with Crippen LogP contribution in [0.4, 0.5) is 0 Å². The molecule has 1 atom stereocenters. The zero-order valence-corrected chi connectivity index (χ0v) is 11.2. The lowest BCUT2D eigenvalue weighted by Gasteiger charge is -2.13. The first kappa shape index (κ1) is 12.2. The average molecular weight is 307 g/mol. The highest BCUT2D eigenvalue weighted by molar-refractivity contribution is 9.10. The molecule has 3 heteroatoms. The molecule has 1 unspecified atom stereocenters. The molecule has 0 saturated carbocycles. The molecule has 0 saturated heterocycles. The van der Waals surface area contributed by atoms with Crippen LogP contribution in [0.15, 0.2) is 47.2 Å². The van der Waals surface area contributed by atoms with Gasteiger partial charge >= 0.3 is 0 Å². The van der Waals surface area contributed by atoms with Crippen molar-refractivity contribution in [1.29, 1.82) is 0 Å². The van der Waals surface area contributed by atoms with Crippen molar-refractivity contribution >= 4 is 27.5 Å². The van der Waals surface area contributed by atoms with Crippen LogP contribution in [0.3, 0.4) is 0 Å². The highest BCUT2D eigenvalue weighted by Gasteiger charge is 2.16. The molecule has 0 aliphatic heterocycles. The lowest BCUT2D eigenvalue weighted by atomic mass is 9.93. The van der Waals surface area contributed by atoms with E-state index in [1.807, 2.05) is 30.3 Å². The summed E-state index contributed by atoms with van der Waals surface area (Å²) in [6.07, 6.45) is 8.97. The van der Waals surface area contributed by atoms with Crippen LogP contribution in [0.5, 0.6) is 0 Å². The maximum Gasteiger partial charge on any atom is 0.0729 e. The van der Waals surface area contributed by atoms with Crippen LogP contribution in [-0.4, -0.2) is 4.98 Å². The maximum atomic E-state index is 6.23. The van der Waals surface area contributed by atoms with E-state index in [4.69, 9.17) is 18.0 Å². The molecule has 2 aromatic rings. The topological polar surface area (TPSA) is 12.9 Å². The summed E-state index contributed by atoms with van der Waals surface area (Å²) in [6.45, 7) is 0. The molecule has 0 spiro atoms. The number of nitrogens with zero attached hydrogens (tertiary/aromatic N) is 1. The number of terminal acetylenes is 1. The third-order valence-corrected chi connectivity index (χ3v) is 3.73. The summed E-state index contributed by atoms with van der Waals surface area (Å²) in [6, 6.07) is 9.85. The summed E-state index contributed by atoms with van der Waals surface area (Å²) >= 11 is 9.59. The Balaban J connectivity index is 2.51. The van der Waals surface area contributed by atoms with Crippen LogP contribution in [0.1, 0.15) is 17.0 Å². The molecule has 0 aliphatic rings. The first-order chi connectivity index (χ1) is 8.24. The Labute approximate surface area is 114 Å². The summed E-state index contributed by atoms with van der Waals surface area (Å²) in [7, 11) is 0. The molecule has 1 aromatic carbocycles. The Morgan fingerprint density at radius 1 is 1.24 bits per heavy atom. The minimum Gasteiger partial charge on any atom is -0.263 e. The number of rotatable bonds is 2. The van der Waals surface area contributed by atoms with Crippen LogP contribution in [0, 0.1) is 12.3 Å². The highest BCUT2D eigenvalue weighted by Crippen LogP contribution is 2.33. The van der Waals surface area contributed by atoms with E-state index in [2.05, 4.69) is 26.8 Å². The second-order valence-corrected chi connectivity index (χ2v) is 4.77. The lowest BCUT2D eigenvalue weighted by molar-refractivity contribution is 1.04. The molecule has 1 aromatic heterocycles. The molecule has 1 heterocycles. The van der Waals surface area contributed by atoms with Crippen LogP contribution in [-0.2, 0) is 0 Å². The molecule has 84 valence electrons. The third-order valence-electron chi connectivity index (χ3n) is 2.48. The van der Waals surface area contributed by atoms with Gasteiger partial charge in [-0.15, -0.1) is 6.42 Å². The van der Waals surface area contributed by atoms with Crippen molar-refractivity contribution < 1.29 is 0 Å². The van der Waals surface area contributed by atoms with E-state index in [0.717, 1.165) is 15.6 Å².